The van der Waals surface area contributed by atoms with Gasteiger partial charge in [0, 0.05) is 0 Å². The summed E-state index contributed by atoms with van der Waals surface area (Å²) in [5, 5.41) is 3.68. The number of nitrogens with one attached hydrogen (secondary N) is 1. The highest BCUT2D eigenvalue weighted by molar-refractivity contribution is 5.12. The first-order valence-electron chi connectivity index (χ1n) is 8.46. The molecule has 1 rings (SSSR count). The summed E-state index contributed by atoms with van der Waals surface area (Å²) in [6, 6.07) is 0. The van der Waals surface area contributed by atoms with Crippen molar-refractivity contribution in [2.75, 3.05) is 19.6 Å². The van der Waals surface area contributed by atoms with E-state index in [1.54, 1.807) is 0 Å². The lowest BCUT2D eigenvalue weighted by molar-refractivity contribution is 0.210. The molecule has 0 aromatic rings. The molecule has 1 aliphatic carbocycles. The Bertz CT molecular complexity index is 285. The van der Waals surface area contributed by atoms with Crippen LogP contribution in [0.25, 0.3) is 0 Å². The summed E-state index contributed by atoms with van der Waals surface area (Å²) in [5.41, 5.74) is 7.15. The van der Waals surface area contributed by atoms with Crippen LogP contribution >= 0.6 is 0 Å². The van der Waals surface area contributed by atoms with Gasteiger partial charge in [0.15, 0.2) is 0 Å². The Labute approximate surface area is 127 Å². The first-order chi connectivity index (χ1) is 9.05. The van der Waals surface area contributed by atoms with Gasteiger partial charge in [-0.3, -0.25) is 0 Å². The minimum atomic E-state index is 0.389. The molecule has 1 saturated carbocycles. The third-order valence-electron chi connectivity index (χ3n) is 6.31. The van der Waals surface area contributed by atoms with E-state index >= 15 is 0 Å². The van der Waals surface area contributed by atoms with Crippen molar-refractivity contribution in [1.82, 2.24) is 5.32 Å². The molecule has 120 valence electrons. The summed E-state index contributed by atoms with van der Waals surface area (Å²) in [6.07, 6.45) is 3.73. The van der Waals surface area contributed by atoms with Gasteiger partial charge >= 0.3 is 0 Å². The molecule has 2 heteroatoms. The van der Waals surface area contributed by atoms with Crippen molar-refractivity contribution < 1.29 is 0 Å². The maximum Gasteiger partial charge on any atom is -0.000989 e. The largest absolute Gasteiger partial charge is 0.330 e. The third kappa shape index (κ3) is 3.98. The minimum Gasteiger partial charge on any atom is -0.330 e. The number of hydrogen-bond donors (Lipinski definition) is 2. The highest BCUT2D eigenvalue weighted by atomic mass is 14.9. The molecule has 0 aromatic heterocycles. The van der Waals surface area contributed by atoms with Crippen molar-refractivity contribution >= 4 is 0 Å². The molecule has 0 bridgehead atoms. The van der Waals surface area contributed by atoms with E-state index in [1.807, 2.05) is 0 Å². The van der Waals surface area contributed by atoms with E-state index in [2.05, 4.69) is 53.8 Å². The lowest BCUT2D eigenvalue weighted by atomic mass is 9.76. The van der Waals surface area contributed by atoms with Crippen molar-refractivity contribution in [2.45, 2.75) is 67.7 Å². The predicted molar refractivity (Wildman–Crippen MR) is 89.8 cm³/mol. The van der Waals surface area contributed by atoms with Crippen molar-refractivity contribution in [2.24, 2.45) is 33.8 Å². The summed E-state index contributed by atoms with van der Waals surface area (Å²) in [7, 11) is 0. The predicted octanol–water partition coefficient (Wildman–Crippen LogP) is 4.05. The van der Waals surface area contributed by atoms with Crippen LogP contribution in [0.3, 0.4) is 0 Å². The van der Waals surface area contributed by atoms with E-state index < -0.39 is 0 Å². The molecule has 2 nitrogen and oxygen atoms in total. The quantitative estimate of drug-likeness (QED) is 0.659. The van der Waals surface area contributed by atoms with Crippen LogP contribution < -0.4 is 11.1 Å². The monoisotopic (exact) mass is 282 g/mol. The molecule has 0 spiro atoms. The second kappa shape index (κ2) is 6.36. The van der Waals surface area contributed by atoms with Crippen LogP contribution in [-0.4, -0.2) is 19.6 Å². The minimum absolute atomic E-state index is 0.389. The summed E-state index contributed by atoms with van der Waals surface area (Å²) >= 11 is 0. The Morgan fingerprint density at radius 2 is 1.60 bits per heavy atom. The fraction of sp³-hybridized carbons (Fsp3) is 1.00. The van der Waals surface area contributed by atoms with Crippen LogP contribution in [0.4, 0.5) is 0 Å². The lowest BCUT2D eigenvalue weighted by Crippen LogP contribution is -2.26. The molecule has 0 heterocycles. The van der Waals surface area contributed by atoms with Crippen LogP contribution in [0.2, 0.25) is 0 Å². The molecule has 0 aliphatic heterocycles. The van der Waals surface area contributed by atoms with Crippen LogP contribution in [0.5, 0.6) is 0 Å². The highest BCUT2D eigenvalue weighted by Crippen LogP contribution is 2.67. The average molecular weight is 283 g/mol. The Hall–Kier alpha value is -0.0800. The maximum absolute atomic E-state index is 5.75. The fourth-order valence-electron chi connectivity index (χ4n) is 3.77. The van der Waals surface area contributed by atoms with Crippen LogP contribution in [0.15, 0.2) is 0 Å². The van der Waals surface area contributed by atoms with Gasteiger partial charge in [0.1, 0.15) is 0 Å². The highest BCUT2D eigenvalue weighted by Gasteiger charge is 2.63. The number of nitrogens with two attached hydrogens (primary N) is 1. The first-order valence-corrected chi connectivity index (χ1v) is 8.46. The Balaban J connectivity index is 2.19. The van der Waals surface area contributed by atoms with Gasteiger partial charge in [0.2, 0.25) is 0 Å². The zero-order chi connectivity index (χ0) is 15.6. The second-order valence-electron chi connectivity index (χ2n) is 8.98. The van der Waals surface area contributed by atoms with E-state index in [0.717, 1.165) is 31.3 Å². The Morgan fingerprint density at radius 3 is 2.00 bits per heavy atom. The molecular weight excluding hydrogens is 244 g/mol. The molecule has 20 heavy (non-hydrogen) atoms. The van der Waals surface area contributed by atoms with Gasteiger partial charge < -0.3 is 11.1 Å². The van der Waals surface area contributed by atoms with Crippen molar-refractivity contribution in [3.8, 4) is 0 Å². The van der Waals surface area contributed by atoms with E-state index in [1.165, 1.54) is 19.4 Å². The summed E-state index contributed by atoms with van der Waals surface area (Å²) in [6.45, 7) is 19.8. The zero-order valence-electron chi connectivity index (χ0n) is 15.0. The summed E-state index contributed by atoms with van der Waals surface area (Å²) in [4.78, 5) is 0. The van der Waals surface area contributed by atoms with Gasteiger partial charge in [-0.15, -0.1) is 0 Å². The van der Waals surface area contributed by atoms with Crippen molar-refractivity contribution in [3.05, 3.63) is 0 Å². The van der Waals surface area contributed by atoms with E-state index in [0.29, 0.717) is 16.2 Å². The van der Waals surface area contributed by atoms with Gasteiger partial charge in [0.25, 0.3) is 0 Å². The van der Waals surface area contributed by atoms with Crippen LogP contribution in [0, 0.1) is 28.1 Å². The molecule has 1 unspecified atom stereocenters. The van der Waals surface area contributed by atoms with Crippen LogP contribution in [0.1, 0.15) is 67.7 Å². The third-order valence-corrected chi connectivity index (χ3v) is 6.31. The van der Waals surface area contributed by atoms with Crippen molar-refractivity contribution in [1.29, 1.82) is 0 Å². The number of hydrogen-bond acceptors (Lipinski definition) is 2. The molecular formula is C18H38N2. The fourth-order valence-corrected chi connectivity index (χ4v) is 3.77. The maximum atomic E-state index is 5.75. The van der Waals surface area contributed by atoms with E-state index in [4.69, 9.17) is 5.73 Å². The molecule has 0 amide bonds. The van der Waals surface area contributed by atoms with E-state index in [-0.39, 0.29) is 0 Å². The van der Waals surface area contributed by atoms with Gasteiger partial charge in [-0.1, -0.05) is 48.5 Å². The van der Waals surface area contributed by atoms with Crippen molar-refractivity contribution in [3.63, 3.8) is 0 Å². The molecule has 3 N–H and O–H groups in total. The average Bonchev–Trinajstić information content (AvgIpc) is 2.67. The molecule has 0 saturated heterocycles. The molecule has 1 atom stereocenters. The SMILES string of the molecule is CC(C)(C)C(CCN)CCCNCC1C(C)(C)C1(C)C. The van der Waals surface area contributed by atoms with Gasteiger partial charge in [-0.05, 0) is 67.0 Å². The summed E-state index contributed by atoms with van der Waals surface area (Å²) in [5.74, 6) is 1.58. The lowest BCUT2D eigenvalue weighted by Gasteiger charge is -2.30. The van der Waals surface area contributed by atoms with Gasteiger partial charge in [-0.2, -0.15) is 0 Å². The molecule has 1 aliphatic rings. The Kier molecular flexibility index (Phi) is 5.71. The second-order valence-corrected chi connectivity index (χ2v) is 8.98. The molecule has 0 radical (unpaired) electrons. The molecule has 0 aromatic carbocycles. The van der Waals surface area contributed by atoms with Gasteiger partial charge in [0.05, 0.1) is 0 Å². The normalized spacial score (nSPS) is 22.8. The van der Waals surface area contributed by atoms with Crippen LogP contribution in [-0.2, 0) is 0 Å². The number of rotatable bonds is 8. The topological polar surface area (TPSA) is 38.0 Å². The standard InChI is InChI=1S/C18H38N2/c1-16(2,3)14(10-11-19)9-8-12-20-13-15-17(4,5)18(15,6)7/h14-15,20H,8-13,19H2,1-7H3. The zero-order valence-corrected chi connectivity index (χ0v) is 15.0. The molecule has 1 fully saturated rings. The smallest absolute Gasteiger partial charge is 0.000989 e. The summed E-state index contributed by atoms with van der Waals surface area (Å²) < 4.78 is 0. The Morgan fingerprint density at radius 1 is 1.05 bits per heavy atom. The first kappa shape index (κ1) is 18.0. The van der Waals surface area contributed by atoms with Gasteiger partial charge in [-0.25, -0.2) is 0 Å². The van der Waals surface area contributed by atoms with E-state index in [9.17, 15) is 0 Å².